The molecule has 114 valence electrons. The predicted octanol–water partition coefficient (Wildman–Crippen LogP) is 2.99. The molecule has 0 aliphatic heterocycles. The van der Waals surface area contributed by atoms with Crippen molar-refractivity contribution in [1.82, 2.24) is 15.1 Å². The summed E-state index contributed by atoms with van der Waals surface area (Å²) in [6.45, 7) is 7.22. The maximum absolute atomic E-state index is 5.67. The zero-order valence-electron chi connectivity index (χ0n) is 13.0. The summed E-state index contributed by atoms with van der Waals surface area (Å²) in [5.74, 6) is 2.54. The average molecular weight is 288 g/mol. The Hall–Kier alpha value is -1.75. The first-order valence-corrected chi connectivity index (χ1v) is 7.55. The Bertz CT molecular complexity index is 565. The largest absolute Gasteiger partial charge is 0.339 e. The lowest BCUT2D eigenvalue weighted by Crippen LogP contribution is -2.15. The van der Waals surface area contributed by atoms with Gasteiger partial charge in [0.25, 0.3) is 0 Å². The topological polar surface area (TPSA) is 77.8 Å². The van der Waals surface area contributed by atoms with Gasteiger partial charge in [0.15, 0.2) is 0 Å². The van der Waals surface area contributed by atoms with Gasteiger partial charge in [-0.25, -0.2) is 0 Å². The molecule has 0 amide bonds. The van der Waals surface area contributed by atoms with Crippen LogP contribution in [0.1, 0.15) is 38.1 Å². The first-order chi connectivity index (χ1) is 10.1. The van der Waals surface area contributed by atoms with Crippen molar-refractivity contribution in [2.45, 2.75) is 40.0 Å². The molecular formula is C16H24N4O. The van der Waals surface area contributed by atoms with Crippen LogP contribution >= 0.6 is 0 Å². The van der Waals surface area contributed by atoms with Gasteiger partial charge in [-0.2, -0.15) is 4.98 Å². The van der Waals surface area contributed by atoms with Crippen molar-refractivity contribution in [3.05, 3.63) is 29.9 Å². The molecule has 1 atom stereocenters. The van der Waals surface area contributed by atoms with E-state index >= 15 is 0 Å². The molecular weight excluding hydrogens is 264 g/mol. The predicted molar refractivity (Wildman–Crippen MR) is 82.6 cm³/mol. The molecule has 2 aromatic heterocycles. The SMILES string of the molecule is Cc1ccncc1-c1noc(CCC(CCN)C(C)C)n1. The van der Waals surface area contributed by atoms with Gasteiger partial charge < -0.3 is 10.3 Å². The zero-order chi connectivity index (χ0) is 15.2. The molecule has 0 bridgehead atoms. The van der Waals surface area contributed by atoms with Gasteiger partial charge in [0, 0.05) is 24.4 Å². The summed E-state index contributed by atoms with van der Waals surface area (Å²) in [7, 11) is 0. The molecule has 1 unspecified atom stereocenters. The molecule has 0 aliphatic rings. The second-order valence-corrected chi connectivity index (χ2v) is 5.82. The molecule has 2 aromatic rings. The number of hydrogen-bond donors (Lipinski definition) is 1. The fourth-order valence-electron chi connectivity index (χ4n) is 2.50. The van der Waals surface area contributed by atoms with E-state index in [-0.39, 0.29) is 0 Å². The molecule has 5 nitrogen and oxygen atoms in total. The number of pyridine rings is 1. The molecule has 0 saturated heterocycles. The first kappa shape index (κ1) is 15.6. The fraction of sp³-hybridized carbons (Fsp3) is 0.562. The highest BCUT2D eigenvalue weighted by molar-refractivity contribution is 5.57. The summed E-state index contributed by atoms with van der Waals surface area (Å²) in [6, 6.07) is 1.95. The summed E-state index contributed by atoms with van der Waals surface area (Å²) in [5, 5.41) is 4.07. The van der Waals surface area contributed by atoms with E-state index in [0.29, 0.717) is 23.6 Å². The van der Waals surface area contributed by atoms with Crippen molar-refractivity contribution in [2.75, 3.05) is 6.54 Å². The summed E-state index contributed by atoms with van der Waals surface area (Å²) >= 11 is 0. The minimum Gasteiger partial charge on any atom is -0.339 e. The number of aromatic nitrogens is 3. The standard InChI is InChI=1S/C16H24N4O/c1-11(2)13(6-8-17)4-5-15-19-16(20-21-15)14-10-18-9-7-12(14)3/h7,9-11,13H,4-6,8,17H2,1-3H3. The minimum absolute atomic E-state index is 0.602. The van der Waals surface area contributed by atoms with Crippen LogP contribution in [-0.4, -0.2) is 21.7 Å². The van der Waals surface area contributed by atoms with E-state index in [1.807, 2.05) is 13.0 Å². The van der Waals surface area contributed by atoms with E-state index in [0.717, 1.165) is 36.9 Å². The van der Waals surface area contributed by atoms with Gasteiger partial charge in [0.1, 0.15) is 0 Å². The Morgan fingerprint density at radius 2 is 2.10 bits per heavy atom. The van der Waals surface area contributed by atoms with Crippen LogP contribution in [0.2, 0.25) is 0 Å². The Morgan fingerprint density at radius 1 is 1.29 bits per heavy atom. The van der Waals surface area contributed by atoms with Gasteiger partial charge >= 0.3 is 0 Å². The maximum atomic E-state index is 5.67. The van der Waals surface area contributed by atoms with Crippen LogP contribution in [0.15, 0.2) is 23.0 Å². The normalized spacial score (nSPS) is 12.8. The fourth-order valence-corrected chi connectivity index (χ4v) is 2.50. The number of nitrogens with two attached hydrogens (primary N) is 1. The third-order valence-corrected chi connectivity index (χ3v) is 3.96. The summed E-state index contributed by atoms with van der Waals surface area (Å²) < 4.78 is 5.36. The molecule has 0 spiro atoms. The van der Waals surface area contributed by atoms with Crippen molar-refractivity contribution < 1.29 is 4.52 Å². The molecule has 0 fully saturated rings. The Morgan fingerprint density at radius 3 is 2.76 bits per heavy atom. The number of aryl methyl sites for hydroxylation is 2. The Labute approximate surface area is 126 Å². The van der Waals surface area contributed by atoms with Crippen molar-refractivity contribution in [3.63, 3.8) is 0 Å². The highest BCUT2D eigenvalue weighted by Crippen LogP contribution is 2.22. The van der Waals surface area contributed by atoms with Crippen molar-refractivity contribution in [1.29, 1.82) is 0 Å². The van der Waals surface area contributed by atoms with Gasteiger partial charge in [-0.15, -0.1) is 0 Å². The van der Waals surface area contributed by atoms with E-state index in [4.69, 9.17) is 10.3 Å². The van der Waals surface area contributed by atoms with E-state index < -0.39 is 0 Å². The van der Waals surface area contributed by atoms with E-state index in [2.05, 4.69) is 29.0 Å². The monoisotopic (exact) mass is 288 g/mol. The van der Waals surface area contributed by atoms with Crippen LogP contribution in [0.4, 0.5) is 0 Å². The quantitative estimate of drug-likeness (QED) is 0.847. The lowest BCUT2D eigenvalue weighted by Gasteiger charge is -2.18. The highest BCUT2D eigenvalue weighted by atomic mass is 16.5. The third kappa shape index (κ3) is 4.11. The van der Waals surface area contributed by atoms with Crippen LogP contribution < -0.4 is 5.73 Å². The van der Waals surface area contributed by atoms with Gasteiger partial charge in [-0.05, 0) is 49.8 Å². The summed E-state index contributed by atoms with van der Waals surface area (Å²) in [5.41, 5.74) is 7.70. The van der Waals surface area contributed by atoms with Gasteiger partial charge in [0.2, 0.25) is 11.7 Å². The zero-order valence-corrected chi connectivity index (χ0v) is 13.0. The van der Waals surface area contributed by atoms with Crippen molar-refractivity contribution in [2.24, 2.45) is 17.6 Å². The number of hydrogen-bond acceptors (Lipinski definition) is 5. The molecule has 0 saturated carbocycles. The highest BCUT2D eigenvalue weighted by Gasteiger charge is 2.16. The number of rotatable bonds is 7. The lowest BCUT2D eigenvalue weighted by atomic mass is 9.88. The molecule has 2 N–H and O–H groups in total. The molecule has 2 heterocycles. The van der Waals surface area contributed by atoms with E-state index in [1.165, 1.54) is 0 Å². The van der Waals surface area contributed by atoms with Gasteiger partial charge in [-0.3, -0.25) is 4.98 Å². The van der Waals surface area contributed by atoms with Crippen LogP contribution in [0.25, 0.3) is 11.4 Å². The Kier molecular flexibility index (Phi) is 5.44. The summed E-state index contributed by atoms with van der Waals surface area (Å²) in [4.78, 5) is 8.60. The molecule has 5 heteroatoms. The van der Waals surface area contributed by atoms with Crippen molar-refractivity contribution >= 4 is 0 Å². The maximum Gasteiger partial charge on any atom is 0.226 e. The van der Waals surface area contributed by atoms with Crippen LogP contribution in [-0.2, 0) is 6.42 Å². The number of nitrogens with zero attached hydrogens (tertiary/aromatic N) is 3. The average Bonchev–Trinajstić information content (AvgIpc) is 2.92. The second-order valence-electron chi connectivity index (χ2n) is 5.82. The lowest BCUT2D eigenvalue weighted by molar-refractivity contribution is 0.313. The summed E-state index contributed by atoms with van der Waals surface area (Å²) in [6.07, 6.45) is 6.41. The first-order valence-electron chi connectivity index (χ1n) is 7.55. The van der Waals surface area contributed by atoms with E-state index in [1.54, 1.807) is 12.4 Å². The Balaban J connectivity index is 2.02. The van der Waals surface area contributed by atoms with Gasteiger partial charge in [0.05, 0.1) is 0 Å². The third-order valence-electron chi connectivity index (χ3n) is 3.96. The van der Waals surface area contributed by atoms with Crippen LogP contribution in [0, 0.1) is 18.8 Å². The van der Waals surface area contributed by atoms with Crippen LogP contribution in [0.3, 0.4) is 0 Å². The molecule has 0 radical (unpaired) electrons. The van der Waals surface area contributed by atoms with Crippen molar-refractivity contribution in [3.8, 4) is 11.4 Å². The molecule has 0 aliphatic carbocycles. The van der Waals surface area contributed by atoms with E-state index in [9.17, 15) is 0 Å². The second kappa shape index (κ2) is 7.31. The molecule has 2 rings (SSSR count). The molecule has 0 aromatic carbocycles. The minimum atomic E-state index is 0.602. The molecule has 21 heavy (non-hydrogen) atoms. The van der Waals surface area contributed by atoms with Gasteiger partial charge in [-0.1, -0.05) is 19.0 Å². The van der Waals surface area contributed by atoms with Crippen LogP contribution in [0.5, 0.6) is 0 Å². The smallest absolute Gasteiger partial charge is 0.226 e.